The molecule has 8 nitrogen and oxygen atoms in total. The van der Waals surface area contributed by atoms with E-state index in [1.165, 1.54) is 14.2 Å². The fourth-order valence-electron chi connectivity index (χ4n) is 3.24. The zero-order chi connectivity index (χ0) is 19.9. The number of fused-ring (bicyclic) bond motifs is 1. The van der Waals surface area contributed by atoms with Crippen molar-refractivity contribution in [3.05, 3.63) is 22.8 Å². The lowest BCUT2D eigenvalue weighted by molar-refractivity contribution is -0.140. The van der Waals surface area contributed by atoms with Gasteiger partial charge in [-0.15, -0.1) is 0 Å². The number of carbonyl (C=O) groups excluding carboxylic acids is 4. The molecule has 0 bridgehead atoms. The summed E-state index contributed by atoms with van der Waals surface area (Å²) >= 11 is 0. The monoisotopic (exact) mass is 365 g/mol. The first-order chi connectivity index (χ1) is 12.0. The van der Waals surface area contributed by atoms with Crippen LogP contribution in [0.2, 0.25) is 0 Å². The molecule has 0 saturated carbocycles. The molecule has 1 aliphatic heterocycles. The van der Waals surface area contributed by atoms with E-state index in [-0.39, 0.29) is 29.7 Å². The van der Waals surface area contributed by atoms with Gasteiger partial charge in [0.2, 0.25) is 0 Å². The van der Waals surface area contributed by atoms with Crippen LogP contribution in [0.15, 0.2) is 22.8 Å². The van der Waals surface area contributed by atoms with Gasteiger partial charge in [-0.3, -0.25) is 4.79 Å². The van der Waals surface area contributed by atoms with Gasteiger partial charge in [-0.1, -0.05) is 6.08 Å². The summed E-state index contributed by atoms with van der Waals surface area (Å²) in [6, 6.07) is 0. The summed E-state index contributed by atoms with van der Waals surface area (Å²) in [6.07, 6.45) is 0.782. The molecule has 0 N–H and O–H groups in total. The van der Waals surface area contributed by atoms with Crippen LogP contribution in [0.25, 0.3) is 0 Å². The fourth-order valence-corrected chi connectivity index (χ4v) is 3.24. The van der Waals surface area contributed by atoms with Crippen molar-refractivity contribution in [1.82, 2.24) is 4.90 Å². The second kappa shape index (κ2) is 6.59. The van der Waals surface area contributed by atoms with E-state index in [1.807, 2.05) is 0 Å². The highest BCUT2D eigenvalue weighted by Gasteiger charge is 2.55. The van der Waals surface area contributed by atoms with Crippen molar-refractivity contribution in [1.29, 1.82) is 0 Å². The van der Waals surface area contributed by atoms with Crippen LogP contribution in [0, 0.1) is 5.41 Å². The van der Waals surface area contributed by atoms with Crippen LogP contribution in [-0.4, -0.2) is 55.2 Å². The predicted molar refractivity (Wildman–Crippen MR) is 89.8 cm³/mol. The zero-order valence-corrected chi connectivity index (χ0v) is 15.8. The highest BCUT2D eigenvalue weighted by atomic mass is 16.6. The van der Waals surface area contributed by atoms with Gasteiger partial charge in [-0.25, -0.2) is 19.3 Å². The van der Waals surface area contributed by atoms with Gasteiger partial charge in [-0.05, 0) is 34.1 Å². The number of allylic oxidation sites excluding steroid dienone is 1. The molecule has 1 atom stereocenters. The standard InChI is InChI=1S/C18H23NO7/c1-17(2,3)26-16(23)19-9-18(4)11(13(19)20)8-7-10(14(21)24-5)12(18)15(22)25-6/h8H,7,9H2,1-6H3/t18-/m0/s1. The van der Waals surface area contributed by atoms with Crippen LogP contribution in [0.5, 0.6) is 0 Å². The average molecular weight is 365 g/mol. The second-order valence-corrected chi connectivity index (χ2v) is 7.36. The average Bonchev–Trinajstić information content (AvgIpc) is 2.82. The number of rotatable bonds is 2. The van der Waals surface area contributed by atoms with Gasteiger partial charge in [0.05, 0.1) is 25.4 Å². The van der Waals surface area contributed by atoms with Crippen LogP contribution in [0.1, 0.15) is 34.1 Å². The van der Waals surface area contributed by atoms with Gasteiger partial charge in [0.15, 0.2) is 0 Å². The maximum absolute atomic E-state index is 12.7. The van der Waals surface area contributed by atoms with Crippen molar-refractivity contribution in [3.8, 4) is 0 Å². The molecule has 142 valence electrons. The second-order valence-electron chi connectivity index (χ2n) is 7.36. The lowest BCUT2D eigenvalue weighted by Gasteiger charge is -2.31. The van der Waals surface area contributed by atoms with Crippen LogP contribution in [0.3, 0.4) is 0 Å². The number of ether oxygens (including phenoxy) is 3. The topological polar surface area (TPSA) is 99.2 Å². The Bertz CT molecular complexity index is 741. The molecule has 0 aromatic rings. The van der Waals surface area contributed by atoms with Gasteiger partial charge in [0.25, 0.3) is 5.91 Å². The molecule has 26 heavy (non-hydrogen) atoms. The summed E-state index contributed by atoms with van der Waals surface area (Å²) in [5.74, 6) is -1.96. The van der Waals surface area contributed by atoms with E-state index in [4.69, 9.17) is 14.2 Å². The van der Waals surface area contributed by atoms with E-state index in [0.29, 0.717) is 0 Å². The minimum Gasteiger partial charge on any atom is -0.466 e. The number of imide groups is 1. The number of hydrogen-bond donors (Lipinski definition) is 0. The zero-order valence-electron chi connectivity index (χ0n) is 15.8. The Morgan fingerprint density at radius 3 is 2.19 bits per heavy atom. The predicted octanol–water partition coefficient (Wildman–Crippen LogP) is 1.74. The molecule has 2 aliphatic rings. The molecule has 2 rings (SSSR count). The maximum atomic E-state index is 12.7. The van der Waals surface area contributed by atoms with Gasteiger partial charge in [-0.2, -0.15) is 0 Å². The van der Waals surface area contributed by atoms with Crippen molar-refractivity contribution >= 4 is 23.9 Å². The summed E-state index contributed by atoms with van der Waals surface area (Å²) in [6.45, 7) is 6.56. The van der Waals surface area contributed by atoms with Crippen LogP contribution >= 0.6 is 0 Å². The molecular formula is C18H23NO7. The van der Waals surface area contributed by atoms with Crippen molar-refractivity contribution in [2.45, 2.75) is 39.7 Å². The van der Waals surface area contributed by atoms with Gasteiger partial charge < -0.3 is 14.2 Å². The minimum absolute atomic E-state index is 0.0313. The van der Waals surface area contributed by atoms with E-state index in [0.717, 1.165) is 4.90 Å². The molecule has 1 heterocycles. The van der Waals surface area contributed by atoms with E-state index in [2.05, 4.69) is 0 Å². The Hall–Kier alpha value is -2.64. The summed E-state index contributed by atoms with van der Waals surface area (Å²) in [5.41, 5.74) is -1.55. The summed E-state index contributed by atoms with van der Waals surface area (Å²) in [5, 5.41) is 0. The summed E-state index contributed by atoms with van der Waals surface area (Å²) in [7, 11) is 2.40. The Morgan fingerprint density at radius 1 is 1.12 bits per heavy atom. The maximum Gasteiger partial charge on any atom is 0.417 e. The molecule has 8 heteroatoms. The largest absolute Gasteiger partial charge is 0.466 e. The lowest BCUT2D eigenvalue weighted by Crippen LogP contribution is -2.39. The van der Waals surface area contributed by atoms with E-state index in [9.17, 15) is 19.2 Å². The molecule has 0 spiro atoms. The third-order valence-electron chi connectivity index (χ3n) is 4.34. The molecule has 1 aliphatic carbocycles. The highest BCUT2D eigenvalue weighted by molar-refractivity contribution is 6.11. The molecule has 0 aromatic carbocycles. The molecule has 0 radical (unpaired) electrons. The normalized spacial score (nSPS) is 22.6. The Balaban J connectivity index is 2.50. The van der Waals surface area contributed by atoms with Gasteiger partial charge in [0.1, 0.15) is 5.60 Å². The first-order valence-corrected chi connectivity index (χ1v) is 8.12. The van der Waals surface area contributed by atoms with Crippen molar-refractivity contribution in [2.24, 2.45) is 5.41 Å². The SMILES string of the molecule is COC(=O)C1=C(C(=O)OC)[C@@]2(C)CN(C(=O)OC(C)(C)C)C(=O)C2=CC1. The van der Waals surface area contributed by atoms with Gasteiger partial charge in [0, 0.05) is 17.5 Å². The Morgan fingerprint density at radius 2 is 1.69 bits per heavy atom. The third-order valence-corrected chi connectivity index (χ3v) is 4.34. The van der Waals surface area contributed by atoms with E-state index >= 15 is 0 Å². The number of esters is 2. The Kier molecular flexibility index (Phi) is 4.98. The van der Waals surface area contributed by atoms with Crippen molar-refractivity contribution in [3.63, 3.8) is 0 Å². The third kappa shape index (κ3) is 3.23. The van der Waals surface area contributed by atoms with Crippen LogP contribution < -0.4 is 0 Å². The first kappa shape index (κ1) is 19.7. The highest BCUT2D eigenvalue weighted by Crippen LogP contribution is 2.48. The number of likely N-dealkylation sites (tertiary alicyclic amines) is 1. The number of hydrogen-bond acceptors (Lipinski definition) is 7. The first-order valence-electron chi connectivity index (χ1n) is 8.12. The lowest BCUT2D eigenvalue weighted by atomic mass is 9.71. The molecule has 0 unspecified atom stereocenters. The number of carbonyl (C=O) groups is 4. The van der Waals surface area contributed by atoms with Crippen molar-refractivity contribution < 1.29 is 33.4 Å². The van der Waals surface area contributed by atoms with Crippen LogP contribution in [-0.2, 0) is 28.6 Å². The van der Waals surface area contributed by atoms with Gasteiger partial charge >= 0.3 is 18.0 Å². The number of methoxy groups -OCH3 is 2. The molecule has 2 amide bonds. The van der Waals surface area contributed by atoms with E-state index in [1.54, 1.807) is 33.8 Å². The summed E-state index contributed by atoms with van der Waals surface area (Å²) in [4.78, 5) is 50.6. The van der Waals surface area contributed by atoms with Crippen LogP contribution in [0.4, 0.5) is 4.79 Å². The molecule has 0 aromatic heterocycles. The summed E-state index contributed by atoms with van der Waals surface area (Å²) < 4.78 is 14.8. The quantitative estimate of drug-likeness (QED) is 0.543. The number of amides is 2. The molecular weight excluding hydrogens is 342 g/mol. The Labute approximate surface area is 151 Å². The fraction of sp³-hybridized carbons (Fsp3) is 0.556. The van der Waals surface area contributed by atoms with Crippen molar-refractivity contribution in [2.75, 3.05) is 20.8 Å². The smallest absolute Gasteiger partial charge is 0.417 e. The molecule has 1 saturated heterocycles. The molecule has 1 fully saturated rings. The minimum atomic E-state index is -1.18. The van der Waals surface area contributed by atoms with E-state index < -0.39 is 35.0 Å². The number of nitrogens with zero attached hydrogens (tertiary/aromatic N) is 1.